The SMILES string of the molecule is CC(C)CN(CC(C)C)c1ccc(C(=Nc2ccc(F)c(Br)c2)NO)cc1NC(=O)Nc1ccc(C(F)(F)F)cc1. The van der Waals surface area contributed by atoms with Crippen LogP contribution in [0, 0.1) is 17.7 Å². The van der Waals surface area contributed by atoms with Crippen LogP contribution >= 0.6 is 15.9 Å². The van der Waals surface area contributed by atoms with E-state index < -0.39 is 23.6 Å². The molecule has 220 valence electrons. The average Bonchev–Trinajstić information content (AvgIpc) is 2.88. The van der Waals surface area contributed by atoms with Crippen molar-refractivity contribution < 1.29 is 27.6 Å². The van der Waals surface area contributed by atoms with Gasteiger partial charge in [0.05, 0.1) is 27.1 Å². The molecule has 0 aliphatic heterocycles. The Balaban J connectivity index is 1.99. The van der Waals surface area contributed by atoms with E-state index in [2.05, 4.69) is 69.6 Å². The molecule has 0 aliphatic carbocycles. The van der Waals surface area contributed by atoms with Gasteiger partial charge in [0.1, 0.15) is 5.82 Å². The van der Waals surface area contributed by atoms with E-state index >= 15 is 0 Å². The number of urea groups is 1. The van der Waals surface area contributed by atoms with Crippen LogP contribution in [-0.2, 0) is 6.18 Å². The number of halogens is 5. The molecule has 3 aromatic carbocycles. The van der Waals surface area contributed by atoms with Gasteiger partial charge in [0.15, 0.2) is 5.84 Å². The summed E-state index contributed by atoms with van der Waals surface area (Å²) in [5, 5.41) is 15.2. The number of carbonyl (C=O) groups is 1. The van der Waals surface area contributed by atoms with Crippen LogP contribution in [0.15, 0.2) is 70.1 Å². The van der Waals surface area contributed by atoms with E-state index in [0.717, 1.165) is 12.1 Å². The fourth-order valence-electron chi connectivity index (χ4n) is 4.08. The molecule has 0 atom stereocenters. The van der Waals surface area contributed by atoms with Gasteiger partial charge in [-0.25, -0.2) is 14.2 Å². The summed E-state index contributed by atoms with van der Waals surface area (Å²) in [6.45, 7) is 9.69. The number of nitrogens with one attached hydrogen (secondary N) is 3. The predicted octanol–water partition coefficient (Wildman–Crippen LogP) is 8.43. The molecule has 0 heterocycles. The summed E-state index contributed by atoms with van der Waals surface area (Å²) in [7, 11) is 0. The minimum absolute atomic E-state index is 0.0422. The van der Waals surface area contributed by atoms with E-state index in [1.807, 2.05) is 0 Å². The zero-order valence-corrected chi connectivity index (χ0v) is 24.6. The Hall–Kier alpha value is -3.64. The second kappa shape index (κ2) is 13.8. The fourth-order valence-corrected chi connectivity index (χ4v) is 4.44. The number of hydroxylamine groups is 1. The Morgan fingerprint density at radius 2 is 1.59 bits per heavy atom. The number of carbonyl (C=O) groups excluding carboxylic acids is 1. The first-order valence-corrected chi connectivity index (χ1v) is 13.6. The van der Waals surface area contributed by atoms with E-state index in [-0.39, 0.29) is 16.0 Å². The van der Waals surface area contributed by atoms with Gasteiger partial charge in [-0.1, -0.05) is 27.7 Å². The van der Waals surface area contributed by atoms with E-state index in [4.69, 9.17) is 0 Å². The normalized spacial score (nSPS) is 12.0. The highest BCUT2D eigenvalue weighted by Crippen LogP contribution is 2.32. The van der Waals surface area contributed by atoms with Gasteiger partial charge in [0.25, 0.3) is 0 Å². The first kappa shape index (κ1) is 31.9. The molecule has 0 radical (unpaired) electrons. The summed E-state index contributed by atoms with van der Waals surface area (Å²) in [5.74, 6) is 0.180. The van der Waals surface area contributed by atoms with E-state index in [1.54, 1.807) is 18.2 Å². The number of anilines is 3. The van der Waals surface area contributed by atoms with Crippen LogP contribution in [0.1, 0.15) is 38.8 Å². The van der Waals surface area contributed by atoms with Crippen LogP contribution in [0.2, 0.25) is 0 Å². The lowest BCUT2D eigenvalue weighted by Crippen LogP contribution is -2.33. The third-order valence-electron chi connectivity index (χ3n) is 5.75. The van der Waals surface area contributed by atoms with E-state index in [9.17, 15) is 27.6 Å². The van der Waals surface area contributed by atoms with Crippen molar-refractivity contribution >= 4 is 50.5 Å². The van der Waals surface area contributed by atoms with Gasteiger partial charge >= 0.3 is 12.2 Å². The molecule has 0 aromatic heterocycles. The maximum atomic E-state index is 13.7. The number of amides is 2. The molecule has 3 rings (SSSR count). The molecule has 0 saturated heterocycles. The second-order valence-corrected chi connectivity index (χ2v) is 11.1. The molecule has 0 unspecified atom stereocenters. The quantitative estimate of drug-likeness (QED) is 0.0820. The van der Waals surface area contributed by atoms with Gasteiger partial charge in [0.2, 0.25) is 0 Å². The monoisotopic (exact) mass is 637 g/mol. The van der Waals surface area contributed by atoms with Crippen molar-refractivity contribution in [3.63, 3.8) is 0 Å². The van der Waals surface area contributed by atoms with Crippen LogP contribution in [0.5, 0.6) is 0 Å². The molecule has 41 heavy (non-hydrogen) atoms. The zero-order valence-electron chi connectivity index (χ0n) is 23.0. The van der Waals surface area contributed by atoms with Crippen LogP contribution in [0.3, 0.4) is 0 Å². The van der Waals surface area contributed by atoms with Gasteiger partial charge in [-0.3, -0.25) is 10.7 Å². The summed E-state index contributed by atoms with van der Waals surface area (Å²) in [5.41, 5.74) is 3.27. The standard InChI is InChI=1S/C29H32BrF4N5O2/c1-17(2)15-39(16-18(3)4)26-12-5-19(27(38-41)35-22-10-11-24(31)23(30)14-22)13-25(26)37-28(40)36-21-8-6-20(7-9-21)29(32,33)34/h5-14,17-18,41H,15-16H2,1-4H3,(H,35,38)(H2,36,37,40). The lowest BCUT2D eigenvalue weighted by Gasteiger charge is -2.30. The topological polar surface area (TPSA) is 89.0 Å². The first-order valence-electron chi connectivity index (χ1n) is 12.8. The molecule has 0 saturated carbocycles. The van der Waals surface area contributed by atoms with Crippen molar-refractivity contribution in [1.82, 2.24) is 5.48 Å². The van der Waals surface area contributed by atoms with Gasteiger partial charge in [0, 0.05) is 24.3 Å². The van der Waals surface area contributed by atoms with Crippen LogP contribution in [0.25, 0.3) is 0 Å². The summed E-state index contributed by atoms with van der Waals surface area (Å²) < 4.78 is 52.6. The van der Waals surface area contributed by atoms with Crippen molar-refractivity contribution in [2.24, 2.45) is 16.8 Å². The molecule has 3 aromatic rings. The lowest BCUT2D eigenvalue weighted by atomic mass is 10.1. The number of benzene rings is 3. The number of hydrogen-bond donors (Lipinski definition) is 4. The Bertz CT molecular complexity index is 1370. The molecular formula is C29H32BrF4N5O2. The number of hydrogen-bond acceptors (Lipinski definition) is 4. The minimum atomic E-state index is -4.49. The molecule has 0 fully saturated rings. The molecule has 12 heteroatoms. The highest BCUT2D eigenvalue weighted by Gasteiger charge is 2.30. The maximum Gasteiger partial charge on any atom is 0.416 e. The highest BCUT2D eigenvalue weighted by molar-refractivity contribution is 9.10. The molecule has 0 aliphatic rings. The van der Waals surface area contributed by atoms with Crippen molar-refractivity contribution in [3.8, 4) is 0 Å². The van der Waals surface area contributed by atoms with Crippen LogP contribution in [0.4, 0.5) is 45.1 Å². The number of aliphatic imine (C=N–C) groups is 1. The van der Waals surface area contributed by atoms with Gasteiger partial charge in [-0.15, -0.1) is 0 Å². The number of alkyl halides is 3. The van der Waals surface area contributed by atoms with Gasteiger partial charge in [-0.05, 0) is 88.4 Å². The maximum absolute atomic E-state index is 13.7. The smallest absolute Gasteiger partial charge is 0.369 e. The molecule has 2 amide bonds. The Labute approximate surface area is 244 Å². The van der Waals surface area contributed by atoms with Crippen molar-refractivity contribution in [2.45, 2.75) is 33.9 Å². The summed E-state index contributed by atoms with van der Waals surface area (Å²) in [6.07, 6.45) is -4.49. The summed E-state index contributed by atoms with van der Waals surface area (Å²) in [6, 6.07) is 12.7. The average molecular weight is 639 g/mol. The number of rotatable bonds is 9. The molecule has 0 bridgehead atoms. The fraction of sp³-hybridized carbons (Fsp3) is 0.310. The Kier molecular flexibility index (Phi) is 10.7. The Morgan fingerprint density at radius 1 is 0.951 bits per heavy atom. The lowest BCUT2D eigenvalue weighted by molar-refractivity contribution is -0.137. The van der Waals surface area contributed by atoms with E-state index in [0.29, 0.717) is 47.6 Å². The zero-order chi connectivity index (χ0) is 30.3. The predicted molar refractivity (Wildman–Crippen MR) is 158 cm³/mol. The number of amidine groups is 1. The summed E-state index contributed by atoms with van der Waals surface area (Å²) >= 11 is 3.12. The second-order valence-electron chi connectivity index (χ2n) is 10.2. The highest BCUT2D eigenvalue weighted by atomic mass is 79.9. The number of nitrogens with zero attached hydrogens (tertiary/aromatic N) is 2. The molecule has 7 nitrogen and oxygen atoms in total. The molecular weight excluding hydrogens is 606 g/mol. The van der Waals surface area contributed by atoms with E-state index in [1.165, 1.54) is 30.3 Å². The Morgan fingerprint density at radius 3 is 2.12 bits per heavy atom. The van der Waals surface area contributed by atoms with Crippen LogP contribution < -0.4 is 21.0 Å². The summed E-state index contributed by atoms with van der Waals surface area (Å²) in [4.78, 5) is 19.5. The van der Waals surface area contributed by atoms with Crippen molar-refractivity contribution in [2.75, 3.05) is 28.6 Å². The third-order valence-corrected chi connectivity index (χ3v) is 6.36. The van der Waals surface area contributed by atoms with Crippen LogP contribution in [-0.4, -0.2) is 30.2 Å². The molecule has 0 spiro atoms. The van der Waals surface area contributed by atoms with Crippen molar-refractivity contribution in [3.05, 3.63) is 82.1 Å². The largest absolute Gasteiger partial charge is 0.416 e. The van der Waals surface area contributed by atoms with Crippen molar-refractivity contribution in [1.29, 1.82) is 0 Å². The third kappa shape index (κ3) is 9.19. The van der Waals surface area contributed by atoms with Gasteiger partial charge < -0.3 is 15.5 Å². The first-order chi connectivity index (χ1) is 19.3. The minimum Gasteiger partial charge on any atom is -0.369 e. The molecule has 4 N–H and O–H groups in total. The van der Waals surface area contributed by atoms with Gasteiger partial charge in [-0.2, -0.15) is 13.2 Å².